The minimum atomic E-state index is -0.737. The van der Waals surface area contributed by atoms with Gasteiger partial charge in [-0.2, -0.15) is 11.8 Å². The van der Waals surface area contributed by atoms with Gasteiger partial charge in [0.1, 0.15) is 12.1 Å². The number of hydrogen-bond acceptors (Lipinski definition) is 5. The van der Waals surface area contributed by atoms with Crippen molar-refractivity contribution in [3.8, 4) is 0 Å². The average Bonchev–Trinajstić information content (AvgIpc) is 3.09. The zero-order valence-corrected chi connectivity index (χ0v) is 17.3. The van der Waals surface area contributed by atoms with Crippen LogP contribution in [0.25, 0.3) is 0 Å². The van der Waals surface area contributed by atoms with E-state index < -0.39 is 18.0 Å². The van der Waals surface area contributed by atoms with Crippen LogP contribution in [0.3, 0.4) is 0 Å². The molecule has 0 saturated heterocycles. The number of hydrogen-bond donors (Lipinski definition) is 4. The highest BCUT2D eigenvalue weighted by Crippen LogP contribution is 2.10. The highest BCUT2D eigenvalue weighted by molar-refractivity contribution is 7.98. The van der Waals surface area contributed by atoms with Crippen molar-refractivity contribution < 1.29 is 14.4 Å². The molecule has 1 heterocycles. The first-order chi connectivity index (χ1) is 12.7. The van der Waals surface area contributed by atoms with E-state index >= 15 is 0 Å². The summed E-state index contributed by atoms with van der Waals surface area (Å²) in [5.41, 5.74) is 6.25. The molecule has 1 aromatic heterocycles. The molecule has 8 nitrogen and oxygen atoms in total. The van der Waals surface area contributed by atoms with E-state index in [-0.39, 0.29) is 23.7 Å². The Bertz CT molecular complexity index is 606. The number of nitrogens with one attached hydrogen (secondary N) is 3. The van der Waals surface area contributed by atoms with Crippen LogP contribution in [0.15, 0.2) is 12.5 Å². The minimum absolute atomic E-state index is 0.196. The number of carbonyl (C=O) groups excluding carboxylic acids is 3. The predicted molar refractivity (Wildman–Crippen MR) is 107 cm³/mol. The molecule has 0 aliphatic rings. The average molecular weight is 398 g/mol. The van der Waals surface area contributed by atoms with Gasteiger partial charge in [-0.3, -0.25) is 14.4 Å². The molecule has 0 aliphatic heterocycles. The Hall–Kier alpha value is -2.03. The maximum Gasteiger partial charge on any atom is 0.243 e. The number of imidazole rings is 1. The van der Waals surface area contributed by atoms with Crippen LogP contribution in [0.1, 0.15) is 39.3 Å². The SMILES string of the molecule is CSCC[C@H](NC(=O)[C@H](CC(C)C)NC(=O)C(C)Cc1cnc[nH]1)C(N)=O. The monoisotopic (exact) mass is 397 g/mol. The molecule has 0 radical (unpaired) electrons. The zero-order chi connectivity index (χ0) is 20.4. The van der Waals surface area contributed by atoms with Crippen LogP contribution in [0.2, 0.25) is 0 Å². The summed E-state index contributed by atoms with van der Waals surface area (Å²) in [7, 11) is 0. The number of nitrogens with two attached hydrogens (primary N) is 1. The van der Waals surface area contributed by atoms with Crippen molar-refractivity contribution >= 4 is 29.5 Å². The molecule has 152 valence electrons. The van der Waals surface area contributed by atoms with E-state index in [9.17, 15) is 14.4 Å². The van der Waals surface area contributed by atoms with E-state index in [1.807, 2.05) is 20.1 Å². The summed E-state index contributed by atoms with van der Waals surface area (Å²) in [5.74, 6) is -0.588. The summed E-state index contributed by atoms with van der Waals surface area (Å²) < 4.78 is 0. The van der Waals surface area contributed by atoms with E-state index in [0.717, 1.165) is 5.69 Å². The molecule has 9 heteroatoms. The zero-order valence-electron chi connectivity index (χ0n) is 16.5. The Morgan fingerprint density at radius 1 is 1.19 bits per heavy atom. The third kappa shape index (κ3) is 8.47. The number of primary amides is 1. The second-order valence-corrected chi connectivity index (χ2v) is 8.10. The molecule has 1 unspecified atom stereocenters. The van der Waals surface area contributed by atoms with E-state index in [1.54, 1.807) is 31.2 Å². The van der Waals surface area contributed by atoms with Gasteiger partial charge in [0, 0.05) is 24.2 Å². The highest BCUT2D eigenvalue weighted by atomic mass is 32.2. The topological polar surface area (TPSA) is 130 Å². The van der Waals surface area contributed by atoms with Crippen LogP contribution in [0.5, 0.6) is 0 Å². The number of thioether (sulfide) groups is 1. The molecule has 0 fully saturated rings. The Labute approximate surface area is 164 Å². The quantitative estimate of drug-likeness (QED) is 0.415. The third-order valence-electron chi connectivity index (χ3n) is 4.14. The van der Waals surface area contributed by atoms with Gasteiger partial charge in [0.25, 0.3) is 0 Å². The molecule has 0 spiro atoms. The summed E-state index contributed by atoms with van der Waals surface area (Å²) >= 11 is 1.57. The molecule has 0 aliphatic carbocycles. The number of rotatable bonds is 12. The first-order valence-electron chi connectivity index (χ1n) is 9.10. The van der Waals surface area contributed by atoms with Gasteiger partial charge in [0.2, 0.25) is 17.7 Å². The van der Waals surface area contributed by atoms with Crippen molar-refractivity contribution in [2.75, 3.05) is 12.0 Å². The van der Waals surface area contributed by atoms with Crippen molar-refractivity contribution in [1.29, 1.82) is 0 Å². The van der Waals surface area contributed by atoms with Crippen LogP contribution in [0.4, 0.5) is 0 Å². The van der Waals surface area contributed by atoms with Crippen molar-refractivity contribution in [2.45, 2.75) is 52.1 Å². The Kier molecular flexibility index (Phi) is 9.92. The molecular weight excluding hydrogens is 366 g/mol. The molecule has 1 rings (SSSR count). The number of carbonyl (C=O) groups is 3. The van der Waals surface area contributed by atoms with Crippen molar-refractivity contribution in [3.05, 3.63) is 18.2 Å². The van der Waals surface area contributed by atoms with Crippen molar-refractivity contribution in [3.63, 3.8) is 0 Å². The van der Waals surface area contributed by atoms with Gasteiger partial charge >= 0.3 is 0 Å². The maximum absolute atomic E-state index is 12.7. The van der Waals surface area contributed by atoms with Crippen LogP contribution in [0, 0.1) is 11.8 Å². The minimum Gasteiger partial charge on any atom is -0.368 e. The van der Waals surface area contributed by atoms with Gasteiger partial charge < -0.3 is 21.4 Å². The van der Waals surface area contributed by atoms with Gasteiger partial charge in [-0.15, -0.1) is 0 Å². The van der Waals surface area contributed by atoms with Crippen LogP contribution in [-0.2, 0) is 20.8 Å². The van der Waals surface area contributed by atoms with E-state index in [0.29, 0.717) is 25.0 Å². The largest absolute Gasteiger partial charge is 0.368 e. The lowest BCUT2D eigenvalue weighted by atomic mass is 10.00. The van der Waals surface area contributed by atoms with Crippen LogP contribution in [-0.4, -0.2) is 51.8 Å². The fraction of sp³-hybridized carbons (Fsp3) is 0.667. The summed E-state index contributed by atoms with van der Waals surface area (Å²) in [6.07, 6.45) is 6.59. The molecule has 1 aromatic rings. The number of H-pyrrole nitrogens is 1. The van der Waals surface area contributed by atoms with Crippen LogP contribution >= 0.6 is 11.8 Å². The van der Waals surface area contributed by atoms with E-state index in [4.69, 9.17) is 5.73 Å². The second kappa shape index (κ2) is 11.6. The Balaban J connectivity index is 2.73. The summed E-state index contributed by atoms with van der Waals surface area (Å²) in [4.78, 5) is 43.7. The first-order valence-corrected chi connectivity index (χ1v) is 10.5. The lowest BCUT2D eigenvalue weighted by molar-refractivity contribution is -0.132. The van der Waals surface area contributed by atoms with Gasteiger partial charge in [-0.1, -0.05) is 20.8 Å². The number of aromatic nitrogens is 2. The molecule has 3 amide bonds. The fourth-order valence-electron chi connectivity index (χ4n) is 2.63. The Morgan fingerprint density at radius 3 is 2.37 bits per heavy atom. The maximum atomic E-state index is 12.7. The normalized spacial score (nSPS) is 14.4. The summed E-state index contributed by atoms with van der Waals surface area (Å²) in [5, 5.41) is 5.51. The third-order valence-corrected chi connectivity index (χ3v) is 4.78. The smallest absolute Gasteiger partial charge is 0.243 e. The second-order valence-electron chi connectivity index (χ2n) is 7.12. The first kappa shape index (κ1) is 23.0. The molecule has 0 aromatic carbocycles. The van der Waals surface area contributed by atoms with Crippen molar-refractivity contribution in [1.82, 2.24) is 20.6 Å². The molecule has 5 N–H and O–H groups in total. The molecule has 27 heavy (non-hydrogen) atoms. The molecule has 3 atom stereocenters. The summed E-state index contributed by atoms with van der Waals surface area (Å²) in [6.45, 7) is 5.74. The fourth-order valence-corrected chi connectivity index (χ4v) is 3.10. The van der Waals surface area contributed by atoms with Crippen LogP contribution < -0.4 is 16.4 Å². The number of amides is 3. The van der Waals surface area contributed by atoms with E-state index in [2.05, 4.69) is 20.6 Å². The van der Waals surface area contributed by atoms with Gasteiger partial charge in [0.05, 0.1) is 6.33 Å². The van der Waals surface area contributed by atoms with Gasteiger partial charge in [-0.05, 0) is 30.8 Å². The van der Waals surface area contributed by atoms with Crippen molar-refractivity contribution in [2.24, 2.45) is 17.6 Å². The lowest BCUT2D eigenvalue weighted by Gasteiger charge is -2.24. The number of nitrogens with zero attached hydrogens (tertiary/aromatic N) is 1. The van der Waals surface area contributed by atoms with Gasteiger partial charge in [-0.25, -0.2) is 4.98 Å². The molecular formula is C18H31N5O3S. The molecule has 0 saturated carbocycles. The standard InChI is InChI=1S/C18H31N5O3S/c1-11(2)7-15(18(26)22-14(16(19)24)5-6-27-4)23-17(25)12(3)8-13-9-20-10-21-13/h9-12,14-15H,5-8H2,1-4H3,(H2,19,24)(H,20,21)(H,22,26)(H,23,25)/t12?,14-,15-/m0/s1. The predicted octanol–water partition coefficient (Wildman–Crippen LogP) is 0.842. The summed E-state index contributed by atoms with van der Waals surface area (Å²) in [6, 6.07) is -1.45. The van der Waals surface area contributed by atoms with E-state index in [1.165, 1.54) is 0 Å². The lowest BCUT2D eigenvalue weighted by Crippen LogP contribution is -2.54. The highest BCUT2D eigenvalue weighted by Gasteiger charge is 2.27. The van der Waals surface area contributed by atoms with Gasteiger partial charge in [0.15, 0.2) is 0 Å². The molecule has 0 bridgehead atoms. The Morgan fingerprint density at radius 2 is 1.85 bits per heavy atom. The number of aromatic amines is 1.